The molecule has 0 heterocycles. The highest BCUT2D eigenvalue weighted by atomic mass is 16.5. The Morgan fingerprint density at radius 3 is 2.65 bits per heavy atom. The Bertz CT molecular complexity index is 538. The summed E-state index contributed by atoms with van der Waals surface area (Å²) in [4.78, 5) is 23.1. The minimum absolute atomic E-state index is 0.167. The minimum atomic E-state index is -0.352. The van der Waals surface area contributed by atoms with Gasteiger partial charge in [-0.2, -0.15) is 0 Å². The summed E-state index contributed by atoms with van der Waals surface area (Å²) < 4.78 is 4.64. The second-order valence-corrected chi connectivity index (χ2v) is 4.81. The van der Waals surface area contributed by atoms with E-state index >= 15 is 0 Å². The van der Waals surface area contributed by atoms with Crippen molar-refractivity contribution in [3.8, 4) is 11.8 Å². The number of benzene rings is 1. The molecule has 4 nitrogen and oxygen atoms in total. The maximum absolute atomic E-state index is 11.8. The fraction of sp³-hybridized carbons (Fsp3) is 0.375. The predicted molar refractivity (Wildman–Crippen MR) is 74.6 cm³/mol. The Morgan fingerprint density at radius 2 is 2.05 bits per heavy atom. The van der Waals surface area contributed by atoms with E-state index in [1.165, 1.54) is 7.11 Å². The summed E-state index contributed by atoms with van der Waals surface area (Å²) in [7, 11) is 1.35. The highest BCUT2D eigenvalue weighted by molar-refractivity contribution is 5.94. The average Bonchev–Trinajstić information content (AvgIpc) is 3.30. The highest BCUT2D eigenvalue weighted by Crippen LogP contribution is 2.34. The first-order valence-corrected chi connectivity index (χ1v) is 6.63. The third kappa shape index (κ3) is 4.43. The highest BCUT2D eigenvalue weighted by Gasteiger charge is 2.33. The molecule has 1 N–H and O–H groups in total. The van der Waals surface area contributed by atoms with Gasteiger partial charge in [0.05, 0.1) is 13.5 Å². The third-order valence-electron chi connectivity index (χ3n) is 3.22. The lowest BCUT2D eigenvalue weighted by molar-refractivity contribution is -0.141. The van der Waals surface area contributed by atoms with Crippen molar-refractivity contribution in [3.05, 3.63) is 35.9 Å². The summed E-state index contributed by atoms with van der Waals surface area (Å²) in [6.45, 7) is 0. The lowest BCUT2D eigenvalue weighted by Crippen LogP contribution is -2.37. The summed E-state index contributed by atoms with van der Waals surface area (Å²) >= 11 is 0. The molecule has 1 fully saturated rings. The molecule has 0 spiro atoms. The molecule has 104 valence electrons. The summed E-state index contributed by atoms with van der Waals surface area (Å²) in [5.74, 6) is 5.06. The predicted octanol–water partition coefficient (Wildman–Crippen LogP) is 1.50. The fourth-order valence-electron chi connectivity index (χ4n) is 1.95. The van der Waals surface area contributed by atoms with E-state index in [4.69, 9.17) is 0 Å². The van der Waals surface area contributed by atoms with E-state index in [0.29, 0.717) is 5.92 Å². The molecule has 1 saturated carbocycles. The van der Waals surface area contributed by atoms with E-state index < -0.39 is 0 Å². The van der Waals surface area contributed by atoms with Crippen molar-refractivity contribution in [2.75, 3.05) is 7.11 Å². The molecule has 1 atom stereocenters. The number of hydrogen-bond acceptors (Lipinski definition) is 3. The number of amides is 1. The third-order valence-corrected chi connectivity index (χ3v) is 3.22. The van der Waals surface area contributed by atoms with Gasteiger partial charge in [-0.3, -0.25) is 9.59 Å². The number of esters is 1. The second-order valence-electron chi connectivity index (χ2n) is 4.81. The summed E-state index contributed by atoms with van der Waals surface area (Å²) in [5.41, 5.74) is 0.790. The topological polar surface area (TPSA) is 55.4 Å². The van der Waals surface area contributed by atoms with Gasteiger partial charge in [0.25, 0.3) is 5.91 Å². The van der Waals surface area contributed by atoms with E-state index in [9.17, 15) is 9.59 Å². The lowest BCUT2D eigenvalue weighted by Gasteiger charge is -2.14. The molecule has 1 aliphatic rings. The SMILES string of the molecule is COC(=O)CC(NC(=O)C#Cc1ccccc1)C1CC1. The van der Waals surface area contributed by atoms with Gasteiger partial charge in [-0.25, -0.2) is 0 Å². The monoisotopic (exact) mass is 271 g/mol. The zero-order chi connectivity index (χ0) is 14.4. The van der Waals surface area contributed by atoms with Crippen LogP contribution in [-0.2, 0) is 14.3 Å². The molecule has 0 aliphatic heterocycles. The molecule has 1 aliphatic carbocycles. The molecule has 0 radical (unpaired) electrons. The van der Waals surface area contributed by atoms with Crippen LogP contribution in [0.1, 0.15) is 24.8 Å². The van der Waals surface area contributed by atoms with Crippen LogP contribution in [0.5, 0.6) is 0 Å². The van der Waals surface area contributed by atoms with Gasteiger partial charge in [0.1, 0.15) is 0 Å². The van der Waals surface area contributed by atoms with Crippen LogP contribution < -0.4 is 5.32 Å². The normalized spacial score (nSPS) is 14.7. The van der Waals surface area contributed by atoms with Crippen LogP contribution in [0, 0.1) is 17.8 Å². The molecule has 2 rings (SSSR count). The molecule has 1 aromatic carbocycles. The van der Waals surface area contributed by atoms with Crippen molar-refractivity contribution >= 4 is 11.9 Å². The van der Waals surface area contributed by atoms with Gasteiger partial charge < -0.3 is 10.1 Å². The van der Waals surface area contributed by atoms with E-state index in [-0.39, 0.29) is 24.3 Å². The second kappa shape index (κ2) is 6.76. The number of nitrogens with one attached hydrogen (secondary N) is 1. The van der Waals surface area contributed by atoms with Crippen LogP contribution in [0.4, 0.5) is 0 Å². The molecule has 20 heavy (non-hydrogen) atoms. The van der Waals surface area contributed by atoms with Gasteiger partial charge >= 0.3 is 5.97 Å². The van der Waals surface area contributed by atoms with Crippen LogP contribution in [0.3, 0.4) is 0 Å². The first-order valence-electron chi connectivity index (χ1n) is 6.63. The van der Waals surface area contributed by atoms with Crippen molar-refractivity contribution in [1.29, 1.82) is 0 Å². The minimum Gasteiger partial charge on any atom is -0.469 e. The van der Waals surface area contributed by atoms with Crippen molar-refractivity contribution in [2.45, 2.75) is 25.3 Å². The molecule has 0 saturated heterocycles. The zero-order valence-corrected chi connectivity index (χ0v) is 11.4. The van der Waals surface area contributed by atoms with Crippen LogP contribution in [-0.4, -0.2) is 25.0 Å². The molecule has 4 heteroatoms. The van der Waals surface area contributed by atoms with Crippen molar-refractivity contribution in [2.24, 2.45) is 5.92 Å². The summed E-state index contributed by atoms with van der Waals surface area (Å²) in [6.07, 6.45) is 2.28. The average molecular weight is 271 g/mol. The number of methoxy groups -OCH3 is 1. The quantitative estimate of drug-likeness (QED) is 0.667. The van der Waals surface area contributed by atoms with Gasteiger partial charge in [-0.05, 0) is 30.9 Å². The van der Waals surface area contributed by atoms with Gasteiger partial charge in [0.15, 0.2) is 0 Å². The molecule has 0 bridgehead atoms. The van der Waals surface area contributed by atoms with Crippen LogP contribution in [0.15, 0.2) is 30.3 Å². The van der Waals surface area contributed by atoms with Crippen LogP contribution in [0.25, 0.3) is 0 Å². The summed E-state index contributed by atoms with van der Waals surface area (Å²) in [5, 5.41) is 2.80. The molecule has 1 unspecified atom stereocenters. The Balaban J connectivity index is 1.92. The zero-order valence-electron chi connectivity index (χ0n) is 11.4. The van der Waals surface area contributed by atoms with Gasteiger partial charge in [0, 0.05) is 17.5 Å². The number of rotatable bonds is 4. The lowest BCUT2D eigenvalue weighted by atomic mass is 10.1. The molecule has 0 aromatic heterocycles. The Hall–Kier alpha value is -2.28. The Kier molecular flexibility index (Phi) is 4.78. The van der Waals surface area contributed by atoms with Gasteiger partial charge in [-0.1, -0.05) is 24.1 Å². The van der Waals surface area contributed by atoms with E-state index in [1.807, 2.05) is 30.3 Å². The first kappa shape index (κ1) is 14.1. The van der Waals surface area contributed by atoms with Crippen molar-refractivity contribution < 1.29 is 14.3 Å². The smallest absolute Gasteiger partial charge is 0.307 e. The molecule has 1 aromatic rings. The maximum atomic E-state index is 11.8. The Morgan fingerprint density at radius 1 is 1.35 bits per heavy atom. The number of hydrogen-bond donors (Lipinski definition) is 1. The Labute approximate surface area is 118 Å². The standard InChI is InChI=1S/C16H17NO3/c1-20-16(19)11-14(13-8-9-13)17-15(18)10-7-12-5-3-2-4-6-12/h2-6,13-14H,8-9,11H2,1H3,(H,17,18). The fourth-order valence-corrected chi connectivity index (χ4v) is 1.95. The molecule has 1 amide bonds. The largest absolute Gasteiger partial charge is 0.469 e. The number of carbonyl (C=O) groups excluding carboxylic acids is 2. The van der Waals surface area contributed by atoms with Gasteiger partial charge in [0.2, 0.25) is 0 Å². The van der Waals surface area contributed by atoms with E-state index in [0.717, 1.165) is 18.4 Å². The molecular formula is C16H17NO3. The molecular weight excluding hydrogens is 254 g/mol. The first-order chi connectivity index (χ1) is 9.69. The van der Waals surface area contributed by atoms with Crippen molar-refractivity contribution in [3.63, 3.8) is 0 Å². The van der Waals surface area contributed by atoms with Crippen molar-refractivity contribution in [1.82, 2.24) is 5.32 Å². The van der Waals surface area contributed by atoms with Crippen LogP contribution >= 0.6 is 0 Å². The van der Waals surface area contributed by atoms with Gasteiger partial charge in [-0.15, -0.1) is 0 Å². The number of ether oxygens (including phenoxy) is 1. The number of carbonyl (C=O) groups is 2. The van der Waals surface area contributed by atoms with Crippen LogP contribution in [0.2, 0.25) is 0 Å². The maximum Gasteiger partial charge on any atom is 0.307 e. The summed E-state index contributed by atoms with van der Waals surface area (Å²) in [6, 6.07) is 9.14. The van der Waals surface area contributed by atoms with E-state index in [1.54, 1.807) is 0 Å². The van der Waals surface area contributed by atoms with E-state index in [2.05, 4.69) is 21.9 Å².